The molecular weight excluding hydrogens is 352 g/mol. The number of benzene rings is 2. The summed E-state index contributed by atoms with van der Waals surface area (Å²) >= 11 is 0. The standard InChI is InChI=1S/C21H26N6O/c1-4-27(5-2)18-12-10-17(11-13-18)24-20-15-23-26-21(25-20)22-14-16-8-6-7-9-19(16)28-3/h6-13,15H,4-5,14H2,1-3H3,(H2,22,24,25,26). The number of rotatable bonds is 9. The lowest BCUT2D eigenvalue weighted by molar-refractivity contribution is 0.410. The average Bonchev–Trinajstić information content (AvgIpc) is 2.75. The van der Waals surface area contributed by atoms with Gasteiger partial charge in [0.2, 0.25) is 5.95 Å². The molecule has 0 atom stereocenters. The molecule has 1 aromatic heterocycles. The van der Waals surface area contributed by atoms with E-state index in [0.717, 1.165) is 30.1 Å². The third-order valence-electron chi connectivity index (χ3n) is 4.46. The first-order valence-electron chi connectivity index (χ1n) is 9.41. The summed E-state index contributed by atoms with van der Waals surface area (Å²) in [7, 11) is 1.66. The molecule has 0 aliphatic rings. The van der Waals surface area contributed by atoms with Gasteiger partial charge in [-0.2, -0.15) is 10.1 Å². The fourth-order valence-corrected chi connectivity index (χ4v) is 2.95. The number of nitrogens with zero attached hydrogens (tertiary/aromatic N) is 4. The first-order valence-corrected chi connectivity index (χ1v) is 9.41. The van der Waals surface area contributed by atoms with Crippen LogP contribution in [0.4, 0.5) is 23.1 Å². The van der Waals surface area contributed by atoms with Crippen LogP contribution in [0, 0.1) is 0 Å². The molecular formula is C21H26N6O. The highest BCUT2D eigenvalue weighted by molar-refractivity contribution is 5.60. The summed E-state index contributed by atoms with van der Waals surface area (Å²) in [5, 5.41) is 14.5. The second-order valence-corrected chi connectivity index (χ2v) is 6.17. The normalized spacial score (nSPS) is 10.4. The zero-order chi connectivity index (χ0) is 19.8. The highest BCUT2D eigenvalue weighted by Gasteiger charge is 2.06. The van der Waals surface area contributed by atoms with Gasteiger partial charge in [-0.1, -0.05) is 18.2 Å². The van der Waals surface area contributed by atoms with Gasteiger partial charge >= 0.3 is 0 Å². The Morgan fingerprint density at radius 2 is 1.75 bits per heavy atom. The molecule has 3 rings (SSSR count). The van der Waals surface area contributed by atoms with Crippen molar-refractivity contribution in [2.45, 2.75) is 20.4 Å². The summed E-state index contributed by atoms with van der Waals surface area (Å²) in [6.07, 6.45) is 1.60. The third-order valence-corrected chi connectivity index (χ3v) is 4.46. The van der Waals surface area contributed by atoms with Gasteiger partial charge in [-0.25, -0.2) is 0 Å². The average molecular weight is 378 g/mol. The lowest BCUT2D eigenvalue weighted by Gasteiger charge is -2.21. The summed E-state index contributed by atoms with van der Waals surface area (Å²) in [5.41, 5.74) is 3.18. The Balaban J connectivity index is 1.65. The molecule has 0 saturated carbocycles. The topological polar surface area (TPSA) is 75.2 Å². The molecule has 0 saturated heterocycles. The number of aromatic nitrogens is 3. The highest BCUT2D eigenvalue weighted by Crippen LogP contribution is 2.21. The van der Waals surface area contributed by atoms with Gasteiger partial charge in [-0.15, -0.1) is 5.10 Å². The second kappa shape index (κ2) is 9.55. The predicted molar refractivity (Wildman–Crippen MR) is 113 cm³/mol. The molecule has 1 heterocycles. The molecule has 3 aromatic rings. The van der Waals surface area contributed by atoms with Crippen molar-refractivity contribution >= 4 is 23.1 Å². The van der Waals surface area contributed by atoms with E-state index in [1.807, 2.05) is 36.4 Å². The summed E-state index contributed by atoms with van der Waals surface area (Å²) in [6, 6.07) is 16.1. The van der Waals surface area contributed by atoms with Crippen LogP contribution in [0.5, 0.6) is 5.75 Å². The molecule has 0 unspecified atom stereocenters. The monoisotopic (exact) mass is 378 g/mol. The van der Waals surface area contributed by atoms with Crippen molar-refractivity contribution in [3.8, 4) is 5.75 Å². The van der Waals surface area contributed by atoms with E-state index in [1.165, 1.54) is 5.69 Å². The number of methoxy groups -OCH3 is 1. The first kappa shape index (κ1) is 19.4. The van der Waals surface area contributed by atoms with Crippen LogP contribution in [-0.2, 0) is 6.54 Å². The van der Waals surface area contributed by atoms with Gasteiger partial charge in [0, 0.05) is 36.6 Å². The van der Waals surface area contributed by atoms with E-state index in [-0.39, 0.29) is 0 Å². The van der Waals surface area contributed by atoms with Gasteiger partial charge in [0.05, 0.1) is 13.3 Å². The summed E-state index contributed by atoms with van der Waals surface area (Å²) in [4.78, 5) is 6.78. The number of ether oxygens (including phenoxy) is 1. The number of anilines is 4. The molecule has 0 aliphatic heterocycles. The van der Waals surface area contributed by atoms with Crippen LogP contribution in [0.25, 0.3) is 0 Å². The molecule has 7 nitrogen and oxygen atoms in total. The SMILES string of the molecule is CCN(CC)c1ccc(Nc2cnnc(NCc3ccccc3OC)n2)cc1. The van der Waals surface area contributed by atoms with Crippen LogP contribution in [0.15, 0.2) is 54.7 Å². The summed E-state index contributed by atoms with van der Waals surface area (Å²) < 4.78 is 5.37. The van der Waals surface area contributed by atoms with Gasteiger partial charge in [-0.3, -0.25) is 0 Å². The van der Waals surface area contributed by atoms with Gasteiger partial charge in [-0.05, 0) is 44.2 Å². The van der Waals surface area contributed by atoms with Crippen molar-refractivity contribution in [3.05, 3.63) is 60.3 Å². The zero-order valence-electron chi connectivity index (χ0n) is 16.5. The minimum absolute atomic E-state index is 0.454. The first-order chi connectivity index (χ1) is 13.7. The van der Waals surface area contributed by atoms with Crippen LogP contribution in [0.1, 0.15) is 19.4 Å². The van der Waals surface area contributed by atoms with Gasteiger partial charge in [0.15, 0.2) is 5.82 Å². The highest BCUT2D eigenvalue weighted by atomic mass is 16.5. The lowest BCUT2D eigenvalue weighted by Crippen LogP contribution is -2.21. The van der Waals surface area contributed by atoms with Crippen molar-refractivity contribution in [1.29, 1.82) is 0 Å². The van der Waals surface area contributed by atoms with Gasteiger partial charge in [0.1, 0.15) is 5.75 Å². The Morgan fingerprint density at radius 3 is 2.46 bits per heavy atom. The Kier molecular flexibility index (Phi) is 6.62. The molecule has 146 valence electrons. The van der Waals surface area contributed by atoms with Gasteiger partial charge < -0.3 is 20.3 Å². The van der Waals surface area contributed by atoms with E-state index < -0.39 is 0 Å². The van der Waals surface area contributed by atoms with E-state index >= 15 is 0 Å². The van der Waals surface area contributed by atoms with Crippen LogP contribution in [0.2, 0.25) is 0 Å². The Bertz CT molecular complexity index is 880. The van der Waals surface area contributed by atoms with Crippen molar-refractivity contribution in [1.82, 2.24) is 15.2 Å². The van der Waals surface area contributed by atoms with Crippen LogP contribution in [-0.4, -0.2) is 35.4 Å². The fraction of sp³-hybridized carbons (Fsp3) is 0.286. The van der Waals surface area contributed by atoms with Crippen LogP contribution in [0.3, 0.4) is 0 Å². The predicted octanol–water partition coefficient (Wildman–Crippen LogP) is 4.08. The third kappa shape index (κ3) is 4.88. The minimum atomic E-state index is 0.454. The molecule has 0 spiro atoms. The molecule has 0 amide bonds. The van der Waals surface area contributed by atoms with E-state index in [9.17, 15) is 0 Å². The maximum Gasteiger partial charge on any atom is 0.244 e. The molecule has 28 heavy (non-hydrogen) atoms. The van der Waals surface area contributed by atoms with E-state index in [4.69, 9.17) is 4.74 Å². The summed E-state index contributed by atoms with van der Waals surface area (Å²) in [5.74, 6) is 1.91. The lowest BCUT2D eigenvalue weighted by atomic mass is 10.2. The quantitative estimate of drug-likeness (QED) is 0.581. The van der Waals surface area contributed by atoms with Crippen molar-refractivity contribution in [2.24, 2.45) is 0 Å². The minimum Gasteiger partial charge on any atom is -0.496 e. The largest absolute Gasteiger partial charge is 0.496 e. The number of nitrogens with one attached hydrogen (secondary N) is 2. The molecule has 2 aromatic carbocycles. The van der Waals surface area contributed by atoms with Gasteiger partial charge in [0.25, 0.3) is 0 Å². The molecule has 2 N–H and O–H groups in total. The Morgan fingerprint density at radius 1 is 1.00 bits per heavy atom. The maximum atomic E-state index is 5.37. The van der Waals surface area contributed by atoms with Crippen molar-refractivity contribution in [2.75, 3.05) is 35.7 Å². The Hall–Kier alpha value is -3.35. The number of hydrogen-bond donors (Lipinski definition) is 2. The smallest absolute Gasteiger partial charge is 0.244 e. The van der Waals surface area contributed by atoms with Crippen LogP contribution >= 0.6 is 0 Å². The fourth-order valence-electron chi connectivity index (χ4n) is 2.95. The molecule has 0 bridgehead atoms. The van der Waals surface area contributed by atoms with E-state index in [2.05, 4.69) is 56.7 Å². The maximum absolute atomic E-state index is 5.37. The number of hydrogen-bond acceptors (Lipinski definition) is 7. The second-order valence-electron chi connectivity index (χ2n) is 6.17. The molecule has 0 radical (unpaired) electrons. The van der Waals surface area contributed by atoms with E-state index in [1.54, 1.807) is 13.3 Å². The van der Waals surface area contributed by atoms with Crippen molar-refractivity contribution < 1.29 is 4.74 Å². The summed E-state index contributed by atoms with van der Waals surface area (Å²) in [6.45, 7) is 6.83. The number of para-hydroxylation sites is 1. The van der Waals surface area contributed by atoms with E-state index in [0.29, 0.717) is 18.3 Å². The molecule has 7 heteroatoms. The van der Waals surface area contributed by atoms with Crippen molar-refractivity contribution in [3.63, 3.8) is 0 Å². The van der Waals surface area contributed by atoms with Crippen LogP contribution < -0.4 is 20.3 Å². The molecule has 0 aliphatic carbocycles. The Labute approximate surface area is 165 Å². The zero-order valence-corrected chi connectivity index (χ0v) is 16.5. The molecule has 0 fully saturated rings.